The third-order valence-electron chi connectivity index (χ3n) is 3.90. The SMILES string of the molecule is Cc1c(NC(=O)CCN[C@H](CO)c2ccccc2)cccc1[N+](=O)[O-]. The molecule has 1 amide bonds. The Morgan fingerprint density at radius 1 is 1.20 bits per heavy atom. The number of nitro groups is 1. The monoisotopic (exact) mass is 343 g/mol. The van der Waals surface area contributed by atoms with Crippen molar-refractivity contribution in [3.05, 3.63) is 69.8 Å². The number of nitro benzene ring substituents is 1. The van der Waals surface area contributed by atoms with Gasteiger partial charge in [0.25, 0.3) is 5.69 Å². The standard InChI is InChI=1S/C18H21N3O4/c1-13-15(8-5-9-17(13)21(24)25)20-18(23)10-11-19-16(12-22)14-6-3-2-4-7-14/h2-9,16,19,22H,10-12H2,1H3,(H,20,23)/t16-/m1/s1. The minimum atomic E-state index is -0.474. The molecule has 0 unspecified atom stereocenters. The van der Waals surface area contributed by atoms with Gasteiger partial charge in [0.05, 0.1) is 28.8 Å². The number of nitrogens with one attached hydrogen (secondary N) is 2. The van der Waals surface area contributed by atoms with Crippen molar-refractivity contribution in [2.75, 3.05) is 18.5 Å². The number of aliphatic hydroxyl groups is 1. The van der Waals surface area contributed by atoms with Crippen LogP contribution in [0.25, 0.3) is 0 Å². The summed E-state index contributed by atoms with van der Waals surface area (Å²) in [6, 6.07) is 13.8. The van der Waals surface area contributed by atoms with Crippen LogP contribution in [-0.4, -0.2) is 29.1 Å². The summed E-state index contributed by atoms with van der Waals surface area (Å²) in [5.41, 5.74) is 1.77. The van der Waals surface area contributed by atoms with Crippen molar-refractivity contribution < 1.29 is 14.8 Å². The van der Waals surface area contributed by atoms with Crippen LogP contribution in [0, 0.1) is 17.0 Å². The Balaban J connectivity index is 1.89. The van der Waals surface area contributed by atoms with Gasteiger partial charge < -0.3 is 15.7 Å². The Morgan fingerprint density at radius 3 is 2.56 bits per heavy atom. The molecule has 3 N–H and O–H groups in total. The van der Waals surface area contributed by atoms with E-state index < -0.39 is 4.92 Å². The van der Waals surface area contributed by atoms with Crippen molar-refractivity contribution in [2.24, 2.45) is 0 Å². The number of carbonyl (C=O) groups excluding carboxylic acids is 1. The minimum Gasteiger partial charge on any atom is -0.394 e. The van der Waals surface area contributed by atoms with Crippen molar-refractivity contribution in [2.45, 2.75) is 19.4 Å². The molecule has 25 heavy (non-hydrogen) atoms. The molecule has 0 spiro atoms. The number of amides is 1. The molecule has 2 rings (SSSR count). The summed E-state index contributed by atoms with van der Waals surface area (Å²) in [4.78, 5) is 22.5. The van der Waals surface area contributed by atoms with Gasteiger partial charge in [0, 0.05) is 19.0 Å². The van der Waals surface area contributed by atoms with Crippen molar-refractivity contribution in [3.8, 4) is 0 Å². The van der Waals surface area contributed by atoms with Gasteiger partial charge in [0.15, 0.2) is 0 Å². The van der Waals surface area contributed by atoms with E-state index >= 15 is 0 Å². The lowest BCUT2D eigenvalue weighted by atomic mass is 10.1. The Hall–Kier alpha value is -2.77. The van der Waals surface area contributed by atoms with Crippen molar-refractivity contribution >= 4 is 17.3 Å². The van der Waals surface area contributed by atoms with Crippen LogP contribution < -0.4 is 10.6 Å². The van der Waals surface area contributed by atoms with Crippen LogP contribution in [0.3, 0.4) is 0 Å². The van der Waals surface area contributed by atoms with Crippen LogP contribution in [-0.2, 0) is 4.79 Å². The Bertz CT molecular complexity index is 734. The lowest BCUT2D eigenvalue weighted by molar-refractivity contribution is -0.385. The average Bonchev–Trinajstić information content (AvgIpc) is 2.61. The van der Waals surface area contributed by atoms with E-state index in [0.29, 0.717) is 17.8 Å². The number of rotatable bonds is 8. The highest BCUT2D eigenvalue weighted by Crippen LogP contribution is 2.25. The van der Waals surface area contributed by atoms with Gasteiger partial charge in [-0.1, -0.05) is 36.4 Å². The molecule has 7 nitrogen and oxygen atoms in total. The van der Waals surface area contributed by atoms with Gasteiger partial charge >= 0.3 is 0 Å². The lowest BCUT2D eigenvalue weighted by Gasteiger charge is -2.16. The maximum Gasteiger partial charge on any atom is 0.274 e. The second-order valence-corrected chi connectivity index (χ2v) is 5.60. The van der Waals surface area contributed by atoms with E-state index in [9.17, 15) is 20.0 Å². The molecule has 7 heteroatoms. The summed E-state index contributed by atoms with van der Waals surface area (Å²) in [5, 5.41) is 26.2. The zero-order chi connectivity index (χ0) is 18.2. The largest absolute Gasteiger partial charge is 0.394 e. The van der Waals surface area contributed by atoms with Crippen LogP contribution in [0.4, 0.5) is 11.4 Å². The van der Waals surface area contributed by atoms with Crippen molar-refractivity contribution in [3.63, 3.8) is 0 Å². The third kappa shape index (κ3) is 5.10. The van der Waals surface area contributed by atoms with Crippen molar-refractivity contribution in [1.29, 1.82) is 0 Å². The number of carbonyl (C=O) groups is 1. The number of aliphatic hydroxyl groups excluding tert-OH is 1. The zero-order valence-electron chi connectivity index (χ0n) is 13.9. The Kier molecular flexibility index (Phi) is 6.62. The zero-order valence-corrected chi connectivity index (χ0v) is 13.9. The molecule has 0 saturated carbocycles. The summed E-state index contributed by atoms with van der Waals surface area (Å²) in [5.74, 6) is -0.249. The van der Waals surface area contributed by atoms with Gasteiger partial charge in [0.1, 0.15) is 0 Å². The number of benzene rings is 2. The van der Waals surface area contributed by atoms with Gasteiger partial charge in [-0.3, -0.25) is 14.9 Å². The van der Waals surface area contributed by atoms with Gasteiger partial charge in [-0.15, -0.1) is 0 Å². The van der Waals surface area contributed by atoms with Gasteiger partial charge in [-0.2, -0.15) is 0 Å². The van der Waals surface area contributed by atoms with Crippen LogP contribution in [0.15, 0.2) is 48.5 Å². The third-order valence-corrected chi connectivity index (χ3v) is 3.90. The first kappa shape index (κ1) is 18.6. The van der Waals surface area contributed by atoms with Crippen LogP contribution in [0.2, 0.25) is 0 Å². The summed E-state index contributed by atoms with van der Waals surface area (Å²) in [7, 11) is 0. The second-order valence-electron chi connectivity index (χ2n) is 5.60. The fourth-order valence-corrected chi connectivity index (χ4v) is 2.50. The molecule has 0 bridgehead atoms. The van der Waals surface area contributed by atoms with E-state index in [1.165, 1.54) is 12.1 Å². The summed E-state index contributed by atoms with van der Waals surface area (Å²) in [6.07, 6.45) is 0.186. The number of nitrogens with zero attached hydrogens (tertiary/aromatic N) is 1. The Labute approximate surface area is 145 Å². The first-order valence-electron chi connectivity index (χ1n) is 7.96. The first-order valence-corrected chi connectivity index (χ1v) is 7.96. The maximum atomic E-state index is 12.1. The second kappa shape index (κ2) is 8.91. The molecule has 0 aliphatic carbocycles. The van der Waals surface area contributed by atoms with Gasteiger partial charge in [0.2, 0.25) is 5.91 Å². The van der Waals surface area contributed by atoms with E-state index in [2.05, 4.69) is 10.6 Å². The quantitative estimate of drug-likeness (QED) is 0.505. The highest BCUT2D eigenvalue weighted by atomic mass is 16.6. The molecule has 1 atom stereocenters. The van der Waals surface area contributed by atoms with E-state index in [1.54, 1.807) is 13.0 Å². The van der Waals surface area contributed by atoms with Crippen LogP contribution >= 0.6 is 0 Å². The highest BCUT2D eigenvalue weighted by Gasteiger charge is 2.15. The molecular formula is C18H21N3O4. The smallest absolute Gasteiger partial charge is 0.274 e. The molecule has 0 aliphatic heterocycles. The van der Waals surface area contributed by atoms with Crippen molar-refractivity contribution in [1.82, 2.24) is 5.32 Å². The molecule has 0 aliphatic rings. The van der Waals surface area contributed by atoms with E-state index in [-0.39, 0.29) is 30.7 Å². The molecule has 0 heterocycles. The topological polar surface area (TPSA) is 104 Å². The summed E-state index contributed by atoms with van der Waals surface area (Å²) < 4.78 is 0. The predicted molar refractivity (Wildman–Crippen MR) is 95.4 cm³/mol. The fourth-order valence-electron chi connectivity index (χ4n) is 2.50. The molecule has 0 saturated heterocycles. The average molecular weight is 343 g/mol. The number of anilines is 1. The van der Waals surface area contributed by atoms with Gasteiger partial charge in [-0.25, -0.2) is 0 Å². The predicted octanol–water partition coefficient (Wildman–Crippen LogP) is 2.56. The molecule has 0 aromatic heterocycles. The minimum absolute atomic E-state index is 0.0275. The normalized spacial score (nSPS) is 11.8. The first-order chi connectivity index (χ1) is 12.0. The molecule has 2 aromatic carbocycles. The number of hydrogen-bond acceptors (Lipinski definition) is 5. The van der Waals surface area contributed by atoms with Crippen LogP contribution in [0.5, 0.6) is 0 Å². The number of hydrogen-bond donors (Lipinski definition) is 3. The summed E-state index contributed by atoms with van der Waals surface area (Å²) >= 11 is 0. The van der Waals surface area contributed by atoms with E-state index in [4.69, 9.17) is 0 Å². The molecule has 0 fully saturated rings. The molecule has 132 valence electrons. The van der Waals surface area contributed by atoms with E-state index in [1.807, 2.05) is 30.3 Å². The Morgan fingerprint density at radius 2 is 1.92 bits per heavy atom. The van der Waals surface area contributed by atoms with Gasteiger partial charge in [-0.05, 0) is 18.6 Å². The van der Waals surface area contributed by atoms with E-state index in [0.717, 1.165) is 5.56 Å². The fraction of sp³-hybridized carbons (Fsp3) is 0.278. The summed E-state index contributed by atoms with van der Waals surface area (Å²) in [6.45, 7) is 1.90. The van der Waals surface area contributed by atoms with Crippen LogP contribution in [0.1, 0.15) is 23.6 Å². The molecule has 2 aromatic rings. The molecule has 0 radical (unpaired) electrons. The maximum absolute atomic E-state index is 12.1. The molecular weight excluding hydrogens is 322 g/mol. The lowest BCUT2D eigenvalue weighted by Crippen LogP contribution is -2.28. The highest BCUT2D eigenvalue weighted by molar-refractivity contribution is 5.92.